The standard InChI is InChI=1S/C34H36BrN3O4S/c1-25(2)36-34(40)32(22-27-13-6-4-7-14-27)37(23-28-18-20-29(35)21-19-28)33(39)24-38(31-17-11-10-12-26(31)3)43(41,42)30-15-8-5-9-16-30/h4-21,25,32H,22-24H2,1-3H3,(H,36,40). The van der Waals surface area contributed by atoms with Crippen LogP contribution in [0.5, 0.6) is 0 Å². The van der Waals surface area contributed by atoms with E-state index < -0.39 is 28.5 Å². The smallest absolute Gasteiger partial charge is 0.264 e. The highest BCUT2D eigenvalue weighted by Crippen LogP contribution is 2.27. The molecule has 0 aromatic heterocycles. The van der Waals surface area contributed by atoms with E-state index in [2.05, 4.69) is 21.2 Å². The summed E-state index contributed by atoms with van der Waals surface area (Å²) < 4.78 is 30.1. The minimum Gasteiger partial charge on any atom is -0.352 e. The molecule has 0 bridgehead atoms. The summed E-state index contributed by atoms with van der Waals surface area (Å²) in [5.41, 5.74) is 2.79. The van der Waals surface area contributed by atoms with Gasteiger partial charge in [-0.1, -0.05) is 94.8 Å². The van der Waals surface area contributed by atoms with Crippen LogP contribution in [0.4, 0.5) is 5.69 Å². The quantitative estimate of drug-likeness (QED) is 0.198. The minimum absolute atomic E-state index is 0.0731. The van der Waals surface area contributed by atoms with E-state index in [0.717, 1.165) is 19.9 Å². The predicted octanol–water partition coefficient (Wildman–Crippen LogP) is 6.12. The molecule has 2 amide bonds. The molecule has 0 fully saturated rings. The Bertz CT molecular complexity index is 1630. The summed E-state index contributed by atoms with van der Waals surface area (Å²) in [5, 5.41) is 2.97. The molecule has 1 atom stereocenters. The normalized spacial score (nSPS) is 12.0. The number of para-hydroxylation sites is 1. The molecule has 224 valence electrons. The molecule has 0 saturated carbocycles. The Labute approximate surface area is 262 Å². The molecule has 1 N–H and O–H groups in total. The molecule has 4 aromatic rings. The van der Waals surface area contributed by atoms with Gasteiger partial charge in [0.25, 0.3) is 10.0 Å². The van der Waals surface area contributed by atoms with Crippen molar-refractivity contribution in [3.8, 4) is 0 Å². The van der Waals surface area contributed by atoms with Gasteiger partial charge in [-0.15, -0.1) is 0 Å². The molecule has 0 aliphatic heterocycles. The van der Waals surface area contributed by atoms with Gasteiger partial charge >= 0.3 is 0 Å². The van der Waals surface area contributed by atoms with Crippen LogP contribution in [0.25, 0.3) is 0 Å². The fraction of sp³-hybridized carbons (Fsp3) is 0.235. The molecule has 1 unspecified atom stereocenters. The lowest BCUT2D eigenvalue weighted by Gasteiger charge is -2.34. The van der Waals surface area contributed by atoms with E-state index in [1.54, 1.807) is 43.3 Å². The van der Waals surface area contributed by atoms with Crippen LogP contribution in [0.1, 0.15) is 30.5 Å². The average molecular weight is 663 g/mol. The predicted molar refractivity (Wildman–Crippen MR) is 174 cm³/mol. The maximum absolute atomic E-state index is 14.4. The number of sulfonamides is 1. The lowest BCUT2D eigenvalue weighted by Crippen LogP contribution is -2.54. The van der Waals surface area contributed by atoms with E-state index in [1.165, 1.54) is 17.0 Å². The summed E-state index contributed by atoms with van der Waals surface area (Å²) in [6.45, 7) is 5.16. The van der Waals surface area contributed by atoms with Crippen LogP contribution in [-0.4, -0.2) is 43.8 Å². The van der Waals surface area contributed by atoms with Crippen LogP contribution in [0.15, 0.2) is 119 Å². The Morgan fingerprint density at radius 1 is 0.791 bits per heavy atom. The fourth-order valence-corrected chi connectivity index (χ4v) is 6.56. The van der Waals surface area contributed by atoms with Crippen molar-refractivity contribution >= 4 is 43.5 Å². The summed E-state index contributed by atoms with van der Waals surface area (Å²) in [4.78, 5) is 29.7. The number of rotatable bonds is 12. The van der Waals surface area contributed by atoms with Crippen molar-refractivity contribution < 1.29 is 18.0 Å². The summed E-state index contributed by atoms with van der Waals surface area (Å²) in [6, 6.07) is 31.1. The van der Waals surface area contributed by atoms with Gasteiger partial charge in [-0.3, -0.25) is 13.9 Å². The Kier molecular flexibility index (Phi) is 10.8. The SMILES string of the molecule is Cc1ccccc1N(CC(=O)N(Cc1ccc(Br)cc1)C(Cc1ccccc1)C(=O)NC(C)C)S(=O)(=O)c1ccccc1. The first-order chi connectivity index (χ1) is 20.6. The third-order valence-corrected chi connectivity index (χ3v) is 9.27. The number of hydrogen-bond donors (Lipinski definition) is 1. The maximum atomic E-state index is 14.4. The fourth-order valence-electron chi connectivity index (χ4n) is 4.80. The molecule has 4 rings (SSSR count). The number of aryl methyl sites for hydroxylation is 1. The molecular formula is C34H36BrN3O4S. The second-order valence-corrected chi connectivity index (χ2v) is 13.4. The average Bonchev–Trinajstić information content (AvgIpc) is 2.99. The van der Waals surface area contributed by atoms with Crippen LogP contribution >= 0.6 is 15.9 Å². The Morgan fingerprint density at radius 2 is 1.37 bits per heavy atom. The van der Waals surface area contributed by atoms with E-state index in [0.29, 0.717) is 11.3 Å². The first-order valence-corrected chi connectivity index (χ1v) is 16.3. The second kappa shape index (κ2) is 14.5. The number of benzene rings is 4. The lowest BCUT2D eigenvalue weighted by molar-refractivity contribution is -0.140. The molecule has 0 spiro atoms. The zero-order valence-corrected chi connectivity index (χ0v) is 26.9. The topological polar surface area (TPSA) is 86.8 Å². The zero-order chi connectivity index (χ0) is 31.0. The minimum atomic E-state index is -4.13. The Hall–Kier alpha value is -3.95. The third kappa shape index (κ3) is 8.33. The van der Waals surface area contributed by atoms with Crippen molar-refractivity contribution in [2.75, 3.05) is 10.8 Å². The van der Waals surface area contributed by atoms with E-state index >= 15 is 0 Å². The van der Waals surface area contributed by atoms with Gasteiger partial charge in [0.05, 0.1) is 10.6 Å². The van der Waals surface area contributed by atoms with E-state index in [1.807, 2.05) is 74.5 Å². The van der Waals surface area contributed by atoms with Gasteiger partial charge in [-0.2, -0.15) is 0 Å². The number of halogens is 1. The largest absolute Gasteiger partial charge is 0.352 e. The third-order valence-electron chi connectivity index (χ3n) is 6.96. The number of nitrogens with zero attached hydrogens (tertiary/aromatic N) is 2. The van der Waals surface area contributed by atoms with Crippen molar-refractivity contribution in [1.29, 1.82) is 0 Å². The summed E-state index contributed by atoms with van der Waals surface area (Å²) >= 11 is 3.46. The molecule has 0 saturated heterocycles. The number of carbonyl (C=O) groups is 2. The molecule has 0 radical (unpaired) electrons. The molecule has 4 aromatic carbocycles. The summed E-state index contributed by atoms with van der Waals surface area (Å²) in [7, 11) is -4.13. The maximum Gasteiger partial charge on any atom is 0.264 e. The highest BCUT2D eigenvalue weighted by atomic mass is 79.9. The molecule has 0 aliphatic carbocycles. The number of anilines is 1. The molecular weight excluding hydrogens is 626 g/mol. The molecule has 43 heavy (non-hydrogen) atoms. The number of hydrogen-bond acceptors (Lipinski definition) is 4. The van der Waals surface area contributed by atoms with Gasteiger partial charge in [0, 0.05) is 23.5 Å². The highest BCUT2D eigenvalue weighted by molar-refractivity contribution is 9.10. The first-order valence-electron chi connectivity index (χ1n) is 14.1. The molecule has 0 heterocycles. The van der Waals surface area contributed by atoms with Crippen molar-refractivity contribution in [1.82, 2.24) is 10.2 Å². The van der Waals surface area contributed by atoms with E-state index in [-0.39, 0.29) is 29.8 Å². The molecule has 7 nitrogen and oxygen atoms in total. The monoisotopic (exact) mass is 661 g/mol. The van der Waals surface area contributed by atoms with Crippen molar-refractivity contribution in [2.24, 2.45) is 0 Å². The van der Waals surface area contributed by atoms with Crippen LogP contribution in [0, 0.1) is 6.92 Å². The van der Waals surface area contributed by atoms with Crippen LogP contribution in [0.3, 0.4) is 0 Å². The van der Waals surface area contributed by atoms with E-state index in [4.69, 9.17) is 0 Å². The van der Waals surface area contributed by atoms with Gasteiger partial charge < -0.3 is 10.2 Å². The van der Waals surface area contributed by atoms with Crippen LogP contribution in [0.2, 0.25) is 0 Å². The Morgan fingerprint density at radius 3 is 1.98 bits per heavy atom. The summed E-state index contributed by atoms with van der Waals surface area (Å²) in [5.74, 6) is -0.803. The van der Waals surface area contributed by atoms with Gasteiger partial charge in [-0.05, 0) is 67.8 Å². The second-order valence-electron chi connectivity index (χ2n) is 10.6. The van der Waals surface area contributed by atoms with E-state index in [9.17, 15) is 18.0 Å². The van der Waals surface area contributed by atoms with Gasteiger partial charge in [0.15, 0.2) is 0 Å². The van der Waals surface area contributed by atoms with Gasteiger partial charge in [0.2, 0.25) is 11.8 Å². The van der Waals surface area contributed by atoms with Crippen LogP contribution < -0.4 is 9.62 Å². The number of carbonyl (C=O) groups excluding carboxylic acids is 2. The summed E-state index contributed by atoms with van der Waals surface area (Å²) in [6.07, 6.45) is 0.261. The van der Waals surface area contributed by atoms with Gasteiger partial charge in [0.1, 0.15) is 12.6 Å². The van der Waals surface area contributed by atoms with Crippen molar-refractivity contribution in [2.45, 2.75) is 50.7 Å². The molecule has 0 aliphatic rings. The Balaban J connectivity index is 1.80. The van der Waals surface area contributed by atoms with Gasteiger partial charge in [-0.25, -0.2) is 8.42 Å². The number of nitrogens with one attached hydrogen (secondary N) is 1. The first kappa shape index (κ1) is 32.0. The van der Waals surface area contributed by atoms with Crippen LogP contribution in [-0.2, 0) is 32.6 Å². The highest BCUT2D eigenvalue weighted by Gasteiger charge is 2.35. The zero-order valence-electron chi connectivity index (χ0n) is 24.5. The molecule has 9 heteroatoms. The van der Waals surface area contributed by atoms with Crippen molar-refractivity contribution in [3.63, 3.8) is 0 Å². The number of amides is 2. The lowest BCUT2D eigenvalue weighted by atomic mass is 10.0. The van der Waals surface area contributed by atoms with Crippen molar-refractivity contribution in [3.05, 3.63) is 130 Å².